The molecule has 0 spiro atoms. The molecule has 0 radical (unpaired) electrons. The van der Waals surface area contributed by atoms with Crippen molar-refractivity contribution in [1.29, 1.82) is 0 Å². The van der Waals surface area contributed by atoms with Crippen LogP contribution in [0.2, 0.25) is 0 Å². The number of rotatable bonds is 5. The minimum atomic E-state index is 0.0702. The van der Waals surface area contributed by atoms with Crippen molar-refractivity contribution in [3.63, 3.8) is 0 Å². The summed E-state index contributed by atoms with van der Waals surface area (Å²) in [6.45, 7) is 4.61. The van der Waals surface area contributed by atoms with Gasteiger partial charge in [0.05, 0.1) is 25.3 Å². The maximum Gasteiger partial charge on any atom is 0.150 e. The maximum absolute atomic E-state index is 9.04. The van der Waals surface area contributed by atoms with E-state index < -0.39 is 0 Å². The lowest BCUT2D eigenvalue weighted by atomic mass is 10.1. The molecular formula is C13H18N4O. The molecule has 2 heterocycles. The van der Waals surface area contributed by atoms with Crippen LogP contribution in [0.25, 0.3) is 0 Å². The predicted octanol–water partition coefficient (Wildman–Crippen LogP) is 1.13. The normalized spacial score (nSPS) is 10.8. The molecule has 0 unspecified atom stereocenters. The van der Waals surface area contributed by atoms with Crippen molar-refractivity contribution < 1.29 is 5.11 Å². The van der Waals surface area contributed by atoms with E-state index >= 15 is 0 Å². The third-order valence-electron chi connectivity index (χ3n) is 2.86. The molecule has 0 aliphatic rings. The first-order valence-corrected chi connectivity index (χ1v) is 6.18. The van der Waals surface area contributed by atoms with E-state index in [1.165, 1.54) is 0 Å². The van der Waals surface area contributed by atoms with Gasteiger partial charge in [0.25, 0.3) is 0 Å². The molecule has 2 rings (SSSR count). The Labute approximate surface area is 107 Å². The molecular weight excluding hydrogens is 228 g/mol. The Morgan fingerprint density at radius 3 is 2.89 bits per heavy atom. The fourth-order valence-electron chi connectivity index (χ4n) is 1.83. The number of hydrogen-bond donors (Lipinski definition) is 1. The summed E-state index contributed by atoms with van der Waals surface area (Å²) in [5.41, 5.74) is 2.15. The van der Waals surface area contributed by atoms with E-state index in [1.54, 1.807) is 10.9 Å². The summed E-state index contributed by atoms with van der Waals surface area (Å²) >= 11 is 0. The van der Waals surface area contributed by atoms with Gasteiger partial charge < -0.3 is 5.11 Å². The van der Waals surface area contributed by atoms with Gasteiger partial charge in [-0.1, -0.05) is 13.0 Å². The Hall–Kier alpha value is -1.75. The monoisotopic (exact) mass is 246 g/mol. The topological polar surface area (TPSA) is 63.8 Å². The third-order valence-corrected chi connectivity index (χ3v) is 2.86. The molecule has 0 saturated carbocycles. The molecule has 2 aromatic rings. The number of hydrogen-bond acceptors (Lipinski definition) is 4. The summed E-state index contributed by atoms with van der Waals surface area (Å²) < 4.78 is 1.77. The Morgan fingerprint density at radius 1 is 1.39 bits per heavy atom. The van der Waals surface area contributed by atoms with Crippen LogP contribution in [0.5, 0.6) is 0 Å². The Balaban J connectivity index is 2.27. The number of aliphatic hydroxyl groups is 1. The number of aliphatic hydroxyl groups excluding tert-OH is 1. The number of aromatic nitrogens is 4. The highest BCUT2D eigenvalue weighted by Crippen LogP contribution is 2.10. The molecule has 5 nitrogen and oxygen atoms in total. The fourth-order valence-corrected chi connectivity index (χ4v) is 1.83. The molecule has 2 aromatic heterocycles. The van der Waals surface area contributed by atoms with E-state index in [0.29, 0.717) is 13.0 Å². The Bertz CT molecular complexity index is 521. The van der Waals surface area contributed by atoms with E-state index in [2.05, 4.69) is 15.1 Å². The average molecular weight is 246 g/mol. The Kier molecular flexibility index (Phi) is 4.04. The maximum atomic E-state index is 9.04. The van der Waals surface area contributed by atoms with Crippen LogP contribution in [-0.2, 0) is 19.4 Å². The van der Waals surface area contributed by atoms with Gasteiger partial charge in [-0.05, 0) is 18.6 Å². The largest absolute Gasteiger partial charge is 0.394 e. The molecule has 0 aromatic carbocycles. The van der Waals surface area contributed by atoms with Gasteiger partial charge in [0, 0.05) is 12.6 Å². The smallest absolute Gasteiger partial charge is 0.150 e. The van der Waals surface area contributed by atoms with Gasteiger partial charge in [-0.15, -0.1) is 0 Å². The molecule has 0 aliphatic carbocycles. The van der Waals surface area contributed by atoms with Crippen molar-refractivity contribution in [1.82, 2.24) is 19.7 Å². The summed E-state index contributed by atoms with van der Waals surface area (Å²) in [6.07, 6.45) is 3.24. The molecule has 5 heteroatoms. The zero-order chi connectivity index (χ0) is 13.0. The first kappa shape index (κ1) is 12.7. The van der Waals surface area contributed by atoms with E-state index in [0.717, 1.165) is 29.3 Å². The zero-order valence-corrected chi connectivity index (χ0v) is 10.8. The van der Waals surface area contributed by atoms with Crippen molar-refractivity contribution >= 4 is 0 Å². The second kappa shape index (κ2) is 5.73. The first-order valence-electron chi connectivity index (χ1n) is 6.18. The van der Waals surface area contributed by atoms with Crippen molar-refractivity contribution in [2.24, 2.45) is 0 Å². The molecule has 0 fully saturated rings. The highest BCUT2D eigenvalue weighted by Gasteiger charge is 2.11. The molecule has 0 saturated heterocycles. The first-order chi connectivity index (χ1) is 8.74. The molecule has 0 amide bonds. The van der Waals surface area contributed by atoms with Crippen LogP contribution in [0.4, 0.5) is 0 Å². The SMILES string of the molecule is CCc1nc(Cc2ncccc2C)n(CCO)n1. The summed E-state index contributed by atoms with van der Waals surface area (Å²) in [5.74, 6) is 1.68. The van der Waals surface area contributed by atoms with Crippen LogP contribution >= 0.6 is 0 Å². The Morgan fingerprint density at radius 2 is 2.22 bits per heavy atom. The van der Waals surface area contributed by atoms with Crippen LogP contribution in [0, 0.1) is 6.92 Å². The van der Waals surface area contributed by atoms with Crippen molar-refractivity contribution in [2.45, 2.75) is 33.2 Å². The quantitative estimate of drug-likeness (QED) is 0.859. The van der Waals surface area contributed by atoms with Gasteiger partial charge in [-0.25, -0.2) is 9.67 Å². The lowest BCUT2D eigenvalue weighted by Crippen LogP contribution is -2.10. The molecule has 0 bridgehead atoms. The van der Waals surface area contributed by atoms with E-state index in [9.17, 15) is 0 Å². The van der Waals surface area contributed by atoms with Crippen LogP contribution < -0.4 is 0 Å². The van der Waals surface area contributed by atoms with E-state index in [4.69, 9.17) is 5.11 Å². The number of aryl methyl sites for hydroxylation is 2. The highest BCUT2D eigenvalue weighted by atomic mass is 16.3. The summed E-state index contributed by atoms with van der Waals surface area (Å²) in [5, 5.41) is 13.4. The third kappa shape index (κ3) is 2.73. The lowest BCUT2D eigenvalue weighted by molar-refractivity contribution is 0.267. The second-order valence-electron chi connectivity index (χ2n) is 4.19. The van der Waals surface area contributed by atoms with E-state index in [-0.39, 0.29) is 6.61 Å². The molecule has 96 valence electrons. The zero-order valence-electron chi connectivity index (χ0n) is 10.8. The highest BCUT2D eigenvalue weighted by molar-refractivity contribution is 5.21. The summed E-state index contributed by atoms with van der Waals surface area (Å²) in [4.78, 5) is 8.85. The van der Waals surface area contributed by atoms with Gasteiger partial charge >= 0.3 is 0 Å². The van der Waals surface area contributed by atoms with Crippen molar-refractivity contribution in [3.8, 4) is 0 Å². The van der Waals surface area contributed by atoms with Crippen LogP contribution in [0.15, 0.2) is 18.3 Å². The van der Waals surface area contributed by atoms with Crippen LogP contribution in [0.3, 0.4) is 0 Å². The minimum Gasteiger partial charge on any atom is -0.394 e. The van der Waals surface area contributed by atoms with Crippen molar-refractivity contribution in [3.05, 3.63) is 41.2 Å². The van der Waals surface area contributed by atoms with Crippen LogP contribution in [0.1, 0.15) is 29.8 Å². The molecule has 0 aliphatic heterocycles. The van der Waals surface area contributed by atoms with Gasteiger partial charge in [-0.2, -0.15) is 5.10 Å². The molecule has 0 atom stereocenters. The lowest BCUT2D eigenvalue weighted by Gasteiger charge is -2.05. The van der Waals surface area contributed by atoms with E-state index in [1.807, 2.05) is 26.0 Å². The molecule has 1 N–H and O–H groups in total. The standard InChI is InChI=1S/C13H18N4O/c1-3-12-15-13(17(16-12)7-8-18)9-11-10(2)5-4-6-14-11/h4-6,18H,3,7-9H2,1-2H3. The molecule has 18 heavy (non-hydrogen) atoms. The van der Waals surface area contributed by atoms with Gasteiger partial charge in [0.2, 0.25) is 0 Å². The summed E-state index contributed by atoms with van der Waals surface area (Å²) in [6, 6.07) is 3.96. The predicted molar refractivity (Wildman–Crippen MR) is 68.3 cm³/mol. The second-order valence-corrected chi connectivity index (χ2v) is 4.19. The van der Waals surface area contributed by atoms with Crippen molar-refractivity contribution in [2.75, 3.05) is 6.61 Å². The van der Waals surface area contributed by atoms with Gasteiger partial charge in [-0.3, -0.25) is 4.98 Å². The number of nitrogens with zero attached hydrogens (tertiary/aromatic N) is 4. The number of pyridine rings is 1. The average Bonchev–Trinajstić information content (AvgIpc) is 2.75. The fraction of sp³-hybridized carbons (Fsp3) is 0.462. The van der Waals surface area contributed by atoms with Gasteiger partial charge in [0.1, 0.15) is 5.82 Å². The van der Waals surface area contributed by atoms with Gasteiger partial charge in [0.15, 0.2) is 5.82 Å². The minimum absolute atomic E-state index is 0.0702. The van der Waals surface area contributed by atoms with Crippen LogP contribution in [-0.4, -0.2) is 31.5 Å². The summed E-state index contributed by atoms with van der Waals surface area (Å²) in [7, 11) is 0.